The SMILES string of the molecule is O=C(N[C@@H](CCCCO)C(=O)N1CCN(C(=O)O)CC1)c1cc(OCC(=O)N2CCC[C@H]2C(=O)NC2CCC2)n(-c2ccccc2)n1. The molecular weight excluding hydrogens is 610 g/mol. The smallest absolute Gasteiger partial charge is 0.407 e. The molecule has 1 aromatic carbocycles. The van der Waals surface area contributed by atoms with E-state index >= 15 is 0 Å². The van der Waals surface area contributed by atoms with Crippen LogP contribution in [0.4, 0.5) is 4.79 Å². The van der Waals surface area contributed by atoms with Crippen LogP contribution in [0.1, 0.15) is 61.9 Å². The minimum absolute atomic E-state index is 0.0362. The van der Waals surface area contributed by atoms with Gasteiger partial charge in [0.05, 0.1) is 5.69 Å². The van der Waals surface area contributed by atoms with Crippen LogP contribution in [0.3, 0.4) is 0 Å². The number of nitrogens with one attached hydrogen (secondary N) is 2. The Balaban J connectivity index is 1.28. The molecule has 3 fully saturated rings. The number of amides is 5. The molecule has 3 heterocycles. The van der Waals surface area contributed by atoms with Gasteiger partial charge < -0.3 is 40.3 Å². The number of aromatic nitrogens is 2. The lowest BCUT2D eigenvalue weighted by atomic mass is 9.93. The number of aliphatic hydroxyl groups excluding tert-OH is 1. The van der Waals surface area contributed by atoms with E-state index in [1.54, 1.807) is 29.2 Å². The van der Waals surface area contributed by atoms with Crippen LogP contribution in [0.25, 0.3) is 5.69 Å². The second kappa shape index (κ2) is 15.8. The number of likely N-dealkylation sites (tertiary alicyclic amines) is 1. The van der Waals surface area contributed by atoms with E-state index in [1.807, 2.05) is 6.07 Å². The molecule has 5 amide bonds. The second-order valence-electron chi connectivity index (χ2n) is 12.1. The Morgan fingerprint density at radius 3 is 2.32 bits per heavy atom. The summed E-state index contributed by atoms with van der Waals surface area (Å²) in [5.74, 6) is -1.32. The van der Waals surface area contributed by atoms with Gasteiger partial charge in [0.25, 0.3) is 11.8 Å². The largest absolute Gasteiger partial charge is 0.467 e. The summed E-state index contributed by atoms with van der Waals surface area (Å²) in [5, 5.41) is 28.8. The number of rotatable bonds is 13. The Bertz CT molecular complexity index is 1420. The number of carbonyl (C=O) groups is 5. The molecule has 1 aliphatic carbocycles. The van der Waals surface area contributed by atoms with Crippen molar-refractivity contribution in [3.8, 4) is 11.6 Å². The van der Waals surface area contributed by atoms with E-state index in [0.29, 0.717) is 37.9 Å². The van der Waals surface area contributed by atoms with Gasteiger partial charge >= 0.3 is 6.09 Å². The van der Waals surface area contributed by atoms with Gasteiger partial charge in [0, 0.05) is 51.4 Å². The molecule has 0 bridgehead atoms. The molecule has 15 heteroatoms. The molecule has 1 aromatic heterocycles. The summed E-state index contributed by atoms with van der Waals surface area (Å²) in [6, 6.07) is 9.06. The number of aliphatic hydroxyl groups is 1. The van der Waals surface area contributed by atoms with Crippen LogP contribution < -0.4 is 15.4 Å². The van der Waals surface area contributed by atoms with Gasteiger partial charge in [-0.25, -0.2) is 9.48 Å². The first-order valence-corrected chi connectivity index (χ1v) is 16.3. The van der Waals surface area contributed by atoms with Crippen molar-refractivity contribution in [3.05, 3.63) is 42.1 Å². The number of para-hydroxylation sites is 1. The van der Waals surface area contributed by atoms with Gasteiger partial charge in [0.15, 0.2) is 12.3 Å². The summed E-state index contributed by atoms with van der Waals surface area (Å²) in [6.07, 6.45) is 4.45. The maximum atomic E-state index is 13.5. The van der Waals surface area contributed by atoms with Gasteiger partial charge in [-0.2, -0.15) is 5.10 Å². The molecule has 2 atom stereocenters. The van der Waals surface area contributed by atoms with E-state index in [4.69, 9.17) is 4.74 Å². The lowest BCUT2D eigenvalue weighted by Gasteiger charge is -2.35. The van der Waals surface area contributed by atoms with E-state index in [2.05, 4.69) is 15.7 Å². The standard InChI is InChI=1S/C32H43N7O8/c40-19-5-4-12-24(31(44)36-15-17-37(18-16-36)32(45)46)34-29(42)25-20-28(39(35-25)23-10-2-1-3-11-23)47-21-27(41)38-14-7-13-26(38)30(43)33-22-8-6-9-22/h1-3,10-11,20,22,24,26,40H,4-9,12-19,21H2,(H,33,43)(H,34,42)(H,45,46)/t24-,26-/m0/s1. The number of carbonyl (C=O) groups excluding carboxylic acids is 4. The third kappa shape index (κ3) is 8.39. The number of unbranched alkanes of at least 4 members (excludes halogenated alkanes) is 1. The molecule has 1 saturated carbocycles. The van der Waals surface area contributed by atoms with Crippen molar-refractivity contribution in [1.29, 1.82) is 0 Å². The topological polar surface area (TPSA) is 187 Å². The van der Waals surface area contributed by atoms with Crippen LogP contribution in [-0.4, -0.2) is 128 Å². The highest BCUT2D eigenvalue weighted by atomic mass is 16.5. The number of nitrogens with zero attached hydrogens (tertiary/aromatic N) is 5. The van der Waals surface area contributed by atoms with Crippen molar-refractivity contribution < 1.29 is 38.9 Å². The first-order chi connectivity index (χ1) is 22.7. The quantitative estimate of drug-likeness (QED) is 0.229. The van der Waals surface area contributed by atoms with Crippen LogP contribution in [-0.2, 0) is 14.4 Å². The van der Waals surface area contributed by atoms with Crippen LogP contribution >= 0.6 is 0 Å². The summed E-state index contributed by atoms with van der Waals surface area (Å²) in [6.45, 7) is 0.769. The molecule has 2 aliphatic heterocycles. The van der Waals surface area contributed by atoms with Crippen molar-refractivity contribution in [2.24, 2.45) is 0 Å². The fourth-order valence-electron chi connectivity index (χ4n) is 6.03. The van der Waals surface area contributed by atoms with Gasteiger partial charge in [-0.05, 0) is 63.5 Å². The van der Waals surface area contributed by atoms with Crippen molar-refractivity contribution in [1.82, 2.24) is 35.1 Å². The number of hydrogen-bond acceptors (Lipinski definition) is 8. The average molecular weight is 654 g/mol. The molecule has 0 unspecified atom stereocenters. The van der Waals surface area contributed by atoms with Crippen LogP contribution in [0.5, 0.6) is 5.88 Å². The average Bonchev–Trinajstić information content (AvgIpc) is 3.73. The van der Waals surface area contributed by atoms with Crippen LogP contribution in [0.2, 0.25) is 0 Å². The minimum Gasteiger partial charge on any atom is -0.467 e. The predicted molar refractivity (Wildman–Crippen MR) is 168 cm³/mol. The second-order valence-corrected chi connectivity index (χ2v) is 12.1. The fraction of sp³-hybridized carbons (Fsp3) is 0.562. The summed E-state index contributed by atoms with van der Waals surface area (Å²) >= 11 is 0. The maximum absolute atomic E-state index is 13.5. The van der Waals surface area contributed by atoms with Crippen molar-refractivity contribution in [2.75, 3.05) is 45.9 Å². The number of benzene rings is 1. The Kier molecular flexibility index (Phi) is 11.3. The highest BCUT2D eigenvalue weighted by Gasteiger charge is 2.36. The zero-order chi connectivity index (χ0) is 33.3. The molecule has 0 radical (unpaired) electrons. The lowest BCUT2D eigenvalue weighted by Crippen LogP contribution is -2.55. The van der Waals surface area contributed by atoms with Crippen molar-refractivity contribution in [2.45, 2.75) is 69.5 Å². The molecule has 0 spiro atoms. The third-order valence-electron chi connectivity index (χ3n) is 8.95. The summed E-state index contributed by atoms with van der Waals surface area (Å²) in [7, 11) is 0. The maximum Gasteiger partial charge on any atom is 0.407 e. The lowest BCUT2D eigenvalue weighted by molar-refractivity contribution is -0.140. The third-order valence-corrected chi connectivity index (χ3v) is 8.95. The van der Waals surface area contributed by atoms with Gasteiger partial charge in [0.2, 0.25) is 17.7 Å². The van der Waals surface area contributed by atoms with E-state index < -0.39 is 24.1 Å². The zero-order valence-corrected chi connectivity index (χ0v) is 26.4. The van der Waals surface area contributed by atoms with Gasteiger partial charge in [-0.3, -0.25) is 19.2 Å². The molecular formula is C32H43N7O8. The van der Waals surface area contributed by atoms with Crippen LogP contribution in [0, 0.1) is 0 Å². The molecule has 15 nitrogen and oxygen atoms in total. The fourth-order valence-corrected chi connectivity index (χ4v) is 6.03. The van der Waals surface area contributed by atoms with E-state index in [0.717, 1.165) is 19.3 Å². The highest BCUT2D eigenvalue weighted by Crippen LogP contribution is 2.24. The number of ether oxygens (including phenoxy) is 1. The number of carboxylic acid groups (broad SMARTS) is 1. The monoisotopic (exact) mass is 653 g/mol. The number of hydrogen-bond donors (Lipinski definition) is 4. The summed E-state index contributed by atoms with van der Waals surface area (Å²) < 4.78 is 7.34. The minimum atomic E-state index is -1.05. The molecule has 3 aliphatic rings. The van der Waals surface area contributed by atoms with Gasteiger partial charge in [-0.1, -0.05) is 18.2 Å². The summed E-state index contributed by atoms with van der Waals surface area (Å²) in [5.41, 5.74) is 0.547. The predicted octanol–water partition coefficient (Wildman–Crippen LogP) is 0.994. The van der Waals surface area contributed by atoms with Crippen molar-refractivity contribution in [3.63, 3.8) is 0 Å². The van der Waals surface area contributed by atoms with E-state index in [1.165, 1.54) is 20.5 Å². The van der Waals surface area contributed by atoms with Crippen molar-refractivity contribution >= 4 is 29.7 Å². The first-order valence-electron chi connectivity index (χ1n) is 16.3. The van der Waals surface area contributed by atoms with E-state index in [9.17, 15) is 34.2 Å². The van der Waals surface area contributed by atoms with Crippen LogP contribution in [0.15, 0.2) is 36.4 Å². The molecule has 47 heavy (non-hydrogen) atoms. The molecule has 5 rings (SSSR count). The Hall–Kier alpha value is -4.66. The molecule has 2 saturated heterocycles. The Labute approximate surface area is 272 Å². The highest BCUT2D eigenvalue weighted by molar-refractivity contribution is 5.96. The van der Waals surface area contributed by atoms with Gasteiger partial charge in [0.1, 0.15) is 12.1 Å². The Morgan fingerprint density at radius 1 is 0.936 bits per heavy atom. The van der Waals surface area contributed by atoms with E-state index in [-0.39, 0.29) is 81.2 Å². The zero-order valence-electron chi connectivity index (χ0n) is 26.4. The normalized spacial score (nSPS) is 18.7. The van der Waals surface area contributed by atoms with Gasteiger partial charge in [-0.15, -0.1) is 0 Å². The molecule has 2 aromatic rings. The molecule has 4 N–H and O–H groups in total. The summed E-state index contributed by atoms with van der Waals surface area (Å²) in [4.78, 5) is 68.7. The number of piperazine rings is 1. The first kappa shape index (κ1) is 33.7. The Morgan fingerprint density at radius 2 is 1.66 bits per heavy atom. The molecule has 254 valence electrons.